The van der Waals surface area contributed by atoms with E-state index in [1.54, 1.807) is 65.5 Å². The molecule has 5 rings (SSSR count). The Balaban J connectivity index is 1.77. The number of pyridine rings is 1. The first-order chi connectivity index (χ1) is 17.0. The van der Waals surface area contributed by atoms with E-state index in [1.807, 2.05) is 31.2 Å². The molecule has 0 fully saturated rings. The van der Waals surface area contributed by atoms with Crippen LogP contribution in [0.25, 0.3) is 17.0 Å². The van der Waals surface area contributed by atoms with Gasteiger partial charge in [-0.15, -0.1) is 0 Å². The molecule has 0 atom stereocenters. The lowest BCUT2D eigenvalue weighted by atomic mass is 10.0. The van der Waals surface area contributed by atoms with Gasteiger partial charge in [0.1, 0.15) is 5.57 Å². The number of halogens is 1. The van der Waals surface area contributed by atoms with E-state index in [9.17, 15) is 14.7 Å². The van der Waals surface area contributed by atoms with Crippen LogP contribution in [0, 0.1) is 0 Å². The summed E-state index contributed by atoms with van der Waals surface area (Å²) in [5, 5.41) is 18.7. The second kappa shape index (κ2) is 9.19. The fourth-order valence-corrected chi connectivity index (χ4v) is 4.42. The van der Waals surface area contributed by atoms with Gasteiger partial charge in [0.2, 0.25) is 0 Å². The molecule has 0 spiro atoms. The molecule has 1 aliphatic rings. The summed E-state index contributed by atoms with van der Waals surface area (Å²) in [4.78, 5) is 28.7. The summed E-state index contributed by atoms with van der Waals surface area (Å²) in [6.45, 7) is 1.97. The summed E-state index contributed by atoms with van der Waals surface area (Å²) in [6, 6.07) is 20.8. The van der Waals surface area contributed by atoms with Gasteiger partial charge in [-0.3, -0.25) is 9.59 Å². The molecule has 2 amide bonds. The normalized spacial score (nSPS) is 13.7. The topological polar surface area (TPSA) is 82.1 Å². The second-order valence-electron chi connectivity index (χ2n) is 8.06. The van der Waals surface area contributed by atoms with Crippen LogP contribution in [0.15, 0.2) is 85.2 Å². The van der Waals surface area contributed by atoms with E-state index in [4.69, 9.17) is 11.6 Å². The van der Waals surface area contributed by atoms with E-state index in [-0.39, 0.29) is 16.8 Å². The first kappa shape index (κ1) is 22.6. The maximum atomic E-state index is 13.9. The maximum absolute atomic E-state index is 13.9. The molecule has 174 valence electrons. The standard InChI is InChI=1S/C27H21ClN4O3/c1-2-10-21-22(26(34)32(29-21)19-12-5-3-6-13-19)23-24(30-15-7-4-8-16-30)27(35)31(25(23)33)20-14-9-11-18(28)17-20/h3-9,11-17H,2,10H2,1H3. The number of hydrogen-bond acceptors (Lipinski definition) is 4. The van der Waals surface area contributed by atoms with Gasteiger partial charge in [-0.2, -0.15) is 9.67 Å². The van der Waals surface area contributed by atoms with Crippen molar-refractivity contribution >= 4 is 40.4 Å². The zero-order valence-corrected chi connectivity index (χ0v) is 19.6. The molecule has 3 heterocycles. The molecule has 2 aromatic heterocycles. The van der Waals surface area contributed by atoms with Gasteiger partial charge in [0.05, 0.1) is 17.1 Å². The number of hydrogen-bond donors (Lipinski definition) is 0. The van der Waals surface area contributed by atoms with E-state index in [0.29, 0.717) is 34.9 Å². The lowest BCUT2D eigenvalue weighted by Crippen LogP contribution is -2.39. The van der Waals surface area contributed by atoms with Crippen LogP contribution in [-0.4, -0.2) is 21.6 Å². The number of para-hydroxylation sites is 1. The number of carbonyl (C=O) groups excluding carboxylic acids is 2. The van der Waals surface area contributed by atoms with Crippen LogP contribution < -0.4 is 14.6 Å². The summed E-state index contributed by atoms with van der Waals surface area (Å²) in [6.07, 6.45) is 4.53. The predicted octanol–water partition coefficient (Wildman–Crippen LogP) is 3.78. The number of nitrogens with zero attached hydrogens (tertiary/aromatic N) is 4. The van der Waals surface area contributed by atoms with E-state index in [2.05, 4.69) is 5.10 Å². The van der Waals surface area contributed by atoms with Gasteiger partial charge >= 0.3 is 5.91 Å². The molecule has 7 nitrogen and oxygen atoms in total. The average Bonchev–Trinajstić information content (AvgIpc) is 3.32. The Labute approximate surface area is 207 Å². The molecule has 35 heavy (non-hydrogen) atoms. The van der Waals surface area contributed by atoms with Gasteiger partial charge in [0, 0.05) is 22.7 Å². The van der Waals surface area contributed by atoms with Gasteiger partial charge in [-0.25, -0.2) is 9.58 Å². The summed E-state index contributed by atoms with van der Waals surface area (Å²) in [5.41, 5.74) is 1.65. The van der Waals surface area contributed by atoms with Crippen molar-refractivity contribution in [2.24, 2.45) is 0 Å². The number of carbonyl (C=O) groups is 2. The van der Waals surface area contributed by atoms with Crippen molar-refractivity contribution in [3.63, 3.8) is 0 Å². The molecule has 0 radical (unpaired) electrons. The molecular weight excluding hydrogens is 464 g/mol. The fraction of sp³-hybridized carbons (Fsp3) is 0.111. The lowest BCUT2D eigenvalue weighted by Gasteiger charge is -2.16. The molecular formula is C27H21ClN4O3. The minimum Gasteiger partial charge on any atom is -0.858 e. The zero-order chi connectivity index (χ0) is 24.5. The smallest absolute Gasteiger partial charge is 0.331 e. The number of benzene rings is 2. The number of anilines is 1. The highest BCUT2D eigenvalue weighted by Gasteiger charge is 2.47. The van der Waals surface area contributed by atoms with Crippen molar-refractivity contribution in [1.82, 2.24) is 9.78 Å². The molecule has 0 unspecified atom stereocenters. The van der Waals surface area contributed by atoms with Crippen molar-refractivity contribution in [1.29, 1.82) is 0 Å². The first-order valence-corrected chi connectivity index (χ1v) is 11.6. The van der Waals surface area contributed by atoms with Crippen molar-refractivity contribution in [2.45, 2.75) is 19.8 Å². The summed E-state index contributed by atoms with van der Waals surface area (Å²) >= 11 is 6.16. The Morgan fingerprint density at radius 3 is 2.29 bits per heavy atom. The van der Waals surface area contributed by atoms with Crippen LogP contribution in [0.4, 0.5) is 5.69 Å². The molecule has 8 heteroatoms. The number of amides is 2. The molecule has 2 aromatic carbocycles. The third-order valence-electron chi connectivity index (χ3n) is 5.75. The Kier molecular flexibility index (Phi) is 5.93. The van der Waals surface area contributed by atoms with Crippen molar-refractivity contribution < 1.29 is 19.3 Å². The highest BCUT2D eigenvalue weighted by atomic mass is 35.5. The zero-order valence-electron chi connectivity index (χ0n) is 18.9. The van der Waals surface area contributed by atoms with Crippen molar-refractivity contribution in [2.75, 3.05) is 4.90 Å². The number of imide groups is 1. The third-order valence-corrected chi connectivity index (χ3v) is 5.99. The van der Waals surface area contributed by atoms with E-state index >= 15 is 0 Å². The van der Waals surface area contributed by atoms with Crippen LogP contribution >= 0.6 is 11.6 Å². The molecule has 0 bridgehead atoms. The maximum Gasteiger partial charge on any atom is 0.331 e. The Hall–Kier alpha value is -4.23. The summed E-state index contributed by atoms with van der Waals surface area (Å²) in [7, 11) is 0. The molecule has 0 saturated heterocycles. The van der Waals surface area contributed by atoms with Gasteiger partial charge in [0.25, 0.3) is 11.6 Å². The van der Waals surface area contributed by atoms with Crippen molar-refractivity contribution in [3.05, 3.63) is 101 Å². The van der Waals surface area contributed by atoms with Gasteiger partial charge < -0.3 is 5.11 Å². The quantitative estimate of drug-likeness (QED) is 0.308. The minimum absolute atomic E-state index is 0.0295. The van der Waals surface area contributed by atoms with Gasteiger partial charge in [-0.05, 0) is 42.6 Å². The molecule has 0 saturated carbocycles. The Bertz CT molecular complexity index is 1460. The highest BCUT2D eigenvalue weighted by Crippen LogP contribution is 2.39. The Morgan fingerprint density at radius 2 is 1.60 bits per heavy atom. The SMILES string of the molecule is CCCc1nn(-c2ccccc2)c([O-])c1C1=C([n+]2ccccc2)C(=O)N(c2cccc(Cl)c2)C1=O. The third kappa shape index (κ3) is 3.90. The number of rotatable bonds is 6. The van der Waals surface area contributed by atoms with E-state index in [1.165, 1.54) is 4.68 Å². The lowest BCUT2D eigenvalue weighted by molar-refractivity contribution is -0.576. The highest BCUT2D eigenvalue weighted by molar-refractivity contribution is 6.53. The van der Waals surface area contributed by atoms with Crippen LogP contribution in [-0.2, 0) is 16.0 Å². The predicted molar refractivity (Wildman–Crippen MR) is 131 cm³/mol. The van der Waals surface area contributed by atoms with Gasteiger partial charge in [0.15, 0.2) is 12.4 Å². The molecule has 0 N–H and O–H groups in total. The number of aromatic nitrogens is 3. The van der Waals surface area contributed by atoms with E-state index < -0.39 is 17.7 Å². The van der Waals surface area contributed by atoms with Gasteiger partial charge in [-0.1, -0.05) is 55.3 Å². The Morgan fingerprint density at radius 1 is 0.914 bits per heavy atom. The van der Waals surface area contributed by atoms with Crippen molar-refractivity contribution in [3.8, 4) is 11.6 Å². The monoisotopic (exact) mass is 484 g/mol. The average molecular weight is 485 g/mol. The second-order valence-corrected chi connectivity index (χ2v) is 8.49. The minimum atomic E-state index is -0.592. The van der Waals surface area contributed by atoms with Crippen LogP contribution in [0.2, 0.25) is 5.02 Å². The molecule has 0 aliphatic carbocycles. The molecule has 4 aromatic rings. The number of aryl methyl sites for hydroxylation is 1. The largest absolute Gasteiger partial charge is 0.858 e. The van der Waals surface area contributed by atoms with Crippen LogP contribution in [0.1, 0.15) is 24.6 Å². The van der Waals surface area contributed by atoms with Crippen LogP contribution in [0.3, 0.4) is 0 Å². The first-order valence-electron chi connectivity index (χ1n) is 11.2. The molecule has 1 aliphatic heterocycles. The fourth-order valence-electron chi connectivity index (χ4n) is 4.23. The van der Waals surface area contributed by atoms with E-state index in [0.717, 1.165) is 4.90 Å². The summed E-state index contributed by atoms with van der Waals surface area (Å²) in [5.74, 6) is -1.58. The van der Waals surface area contributed by atoms with Crippen LogP contribution in [0.5, 0.6) is 5.88 Å². The summed E-state index contributed by atoms with van der Waals surface area (Å²) < 4.78 is 2.86.